The molecule has 1 unspecified atom stereocenters. The summed E-state index contributed by atoms with van der Waals surface area (Å²) in [5.41, 5.74) is 2.31. The fourth-order valence-electron chi connectivity index (χ4n) is 3.01. The van der Waals surface area contributed by atoms with Gasteiger partial charge in [-0.05, 0) is 23.8 Å². The van der Waals surface area contributed by atoms with Crippen molar-refractivity contribution in [3.63, 3.8) is 0 Å². The lowest BCUT2D eigenvalue weighted by molar-refractivity contribution is 0.0744. The second-order valence-corrected chi connectivity index (χ2v) is 6.89. The second-order valence-electron chi connectivity index (χ2n) is 5.91. The van der Waals surface area contributed by atoms with Crippen LogP contribution in [0.1, 0.15) is 32.5 Å². The first-order valence-electron chi connectivity index (χ1n) is 8.16. The number of nitriles is 1. The zero-order chi connectivity index (χ0) is 17.9. The summed E-state index contributed by atoms with van der Waals surface area (Å²) in [5.74, 6) is 0.508. The average Bonchev–Trinajstić information content (AvgIpc) is 3.28. The Bertz CT molecular complexity index is 964. The van der Waals surface area contributed by atoms with Crippen LogP contribution in [0.25, 0.3) is 0 Å². The van der Waals surface area contributed by atoms with Gasteiger partial charge in [0.2, 0.25) is 0 Å². The maximum atomic E-state index is 12.7. The molecule has 6 heteroatoms. The molecule has 0 spiro atoms. The third-order valence-corrected chi connectivity index (χ3v) is 5.04. The normalized spacial score (nSPS) is 15.6. The zero-order valence-electron chi connectivity index (χ0n) is 13.8. The Kier molecular flexibility index (Phi) is 4.38. The lowest BCUT2D eigenvalue weighted by Crippen LogP contribution is -2.26. The molecule has 1 aliphatic heterocycles. The molecule has 4 rings (SSSR count). The summed E-state index contributed by atoms with van der Waals surface area (Å²) in [6.45, 7) is 0.775. The summed E-state index contributed by atoms with van der Waals surface area (Å²) >= 11 is 1.47. The van der Waals surface area contributed by atoms with Crippen molar-refractivity contribution in [2.75, 3.05) is 0 Å². The van der Waals surface area contributed by atoms with Crippen molar-refractivity contribution >= 4 is 17.2 Å². The molecular weight excluding hydrogens is 346 g/mol. The molecule has 1 aliphatic rings. The molecule has 128 valence electrons. The van der Waals surface area contributed by atoms with Gasteiger partial charge in [-0.15, -0.1) is 11.3 Å². The molecule has 0 saturated carbocycles. The van der Waals surface area contributed by atoms with Crippen molar-refractivity contribution in [3.05, 3.63) is 81.8 Å². The lowest BCUT2D eigenvalue weighted by Gasteiger charge is -2.18. The minimum atomic E-state index is -0.623. The molecule has 1 amide bonds. The topological polar surface area (TPSA) is 66.2 Å². The van der Waals surface area contributed by atoms with E-state index in [1.807, 2.05) is 35.7 Å². The first-order chi connectivity index (χ1) is 12.8. The third-order valence-electron chi connectivity index (χ3n) is 4.28. The summed E-state index contributed by atoms with van der Waals surface area (Å²) in [6.07, 6.45) is 1.70. The Balaban J connectivity index is 1.56. The number of hydrogen-bond acceptors (Lipinski definition) is 5. The van der Waals surface area contributed by atoms with Crippen LogP contribution < -0.4 is 4.74 Å². The standard InChI is InChI=1S/C20H15N3O2S/c21-11-18-17-10-15(25-13-14-4-2-1-3-5-14)6-7-16(17)20(24)23(18)12-19-22-8-9-26-19/h1-10,18H,12-13H2. The highest BCUT2D eigenvalue weighted by molar-refractivity contribution is 7.09. The molecule has 0 fully saturated rings. The predicted molar refractivity (Wildman–Crippen MR) is 97.6 cm³/mol. The van der Waals surface area contributed by atoms with Gasteiger partial charge in [0.1, 0.15) is 23.4 Å². The fourth-order valence-corrected chi connectivity index (χ4v) is 3.63. The number of carbonyl (C=O) groups is 1. The number of rotatable bonds is 5. The van der Waals surface area contributed by atoms with Gasteiger partial charge in [0, 0.05) is 22.7 Å². The van der Waals surface area contributed by atoms with E-state index in [1.54, 1.807) is 29.3 Å². The number of hydrogen-bond donors (Lipinski definition) is 0. The minimum Gasteiger partial charge on any atom is -0.489 e. The van der Waals surface area contributed by atoms with Crippen molar-refractivity contribution in [2.45, 2.75) is 19.2 Å². The monoisotopic (exact) mass is 361 g/mol. The van der Waals surface area contributed by atoms with Crippen LogP contribution in [0.2, 0.25) is 0 Å². The number of aromatic nitrogens is 1. The summed E-state index contributed by atoms with van der Waals surface area (Å²) in [7, 11) is 0. The van der Waals surface area contributed by atoms with Crippen LogP contribution in [0, 0.1) is 11.3 Å². The molecule has 1 atom stereocenters. The maximum Gasteiger partial charge on any atom is 0.255 e. The Labute approximate surface area is 155 Å². The number of fused-ring (bicyclic) bond motifs is 1. The summed E-state index contributed by atoms with van der Waals surface area (Å²) in [4.78, 5) is 18.5. The number of amides is 1. The molecule has 2 aromatic carbocycles. The molecule has 1 aromatic heterocycles. The van der Waals surface area contributed by atoms with Crippen molar-refractivity contribution in [1.82, 2.24) is 9.88 Å². The quantitative estimate of drug-likeness (QED) is 0.690. The molecule has 0 N–H and O–H groups in total. The van der Waals surface area contributed by atoms with Crippen LogP contribution in [0.5, 0.6) is 5.75 Å². The van der Waals surface area contributed by atoms with Crippen LogP contribution in [-0.4, -0.2) is 15.8 Å². The van der Waals surface area contributed by atoms with E-state index >= 15 is 0 Å². The Morgan fingerprint density at radius 2 is 2.08 bits per heavy atom. The number of ether oxygens (including phenoxy) is 1. The maximum absolute atomic E-state index is 12.7. The second kappa shape index (κ2) is 6.98. The highest BCUT2D eigenvalue weighted by Gasteiger charge is 2.37. The molecule has 0 bridgehead atoms. The van der Waals surface area contributed by atoms with Gasteiger partial charge in [-0.3, -0.25) is 4.79 Å². The number of nitrogens with zero attached hydrogens (tertiary/aromatic N) is 3. The van der Waals surface area contributed by atoms with E-state index in [-0.39, 0.29) is 5.91 Å². The smallest absolute Gasteiger partial charge is 0.255 e. The summed E-state index contributed by atoms with van der Waals surface area (Å²) in [6, 6.07) is 16.8. The van der Waals surface area contributed by atoms with Gasteiger partial charge in [-0.2, -0.15) is 5.26 Å². The van der Waals surface area contributed by atoms with Gasteiger partial charge in [0.15, 0.2) is 0 Å². The first-order valence-corrected chi connectivity index (χ1v) is 9.04. The van der Waals surface area contributed by atoms with Gasteiger partial charge < -0.3 is 9.64 Å². The van der Waals surface area contributed by atoms with Crippen LogP contribution in [0.4, 0.5) is 0 Å². The van der Waals surface area contributed by atoms with Crippen LogP contribution in [0.15, 0.2) is 60.1 Å². The Hall–Kier alpha value is -3.17. The fraction of sp³-hybridized carbons (Fsp3) is 0.150. The highest BCUT2D eigenvalue weighted by atomic mass is 32.1. The molecule has 3 aromatic rings. The number of thiazole rings is 1. The summed E-state index contributed by atoms with van der Waals surface area (Å²) < 4.78 is 5.84. The Morgan fingerprint density at radius 1 is 1.23 bits per heavy atom. The van der Waals surface area contributed by atoms with Crippen LogP contribution >= 0.6 is 11.3 Å². The van der Waals surface area contributed by atoms with Gasteiger partial charge in [0.25, 0.3) is 5.91 Å². The summed E-state index contributed by atoms with van der Waals surface area (Å²) in [5, 5.41) is 12.3. The molecule has 0 radical (unpaired) electrons. The Morgan fingerprint density at radius 3 is 2.81 bits per heavy atom. The highest BCUT2D eigenvalue weighted by Crippen LogP contribution is 2.36. The third kappa shape index (κ3) is 3.05. The van der Waals surface area contributed by atoms with E-state index in [9.17, 15) is 10.1 Å². The SMILES string of the molecule is N#CC1c2cc(OCc3ccccc3)ccc2C(=O)N1Cc1nccs1. The van der Waals surface area contributed by atoms with Crippen molar-refractivity contribution in [3.8, 4) is 11.8 Å². The van der Waals surface area contributed by atoms with Gasteiger partial charge in [-0.1, -0.05) is 30.3 Å². The number of carbonyl (C=O) groups excluding carboxylic acids is 1. The minimum absolute atomic E-state index is 0.142. The van der Waals surface area contributed by atoms with E-state index in [2.05, 4.69) is 11.1 Å². The average molecular weight is 361 g/mol. The van der Waals surface area contributed by atoms with E-state index in [0.717, 1.165) is 10.6 Å². The first kappa shape index (κ1) is 16.3. The van der Waals surface area contributed by atoms with Crippen molar-refractivity contribution < 1.29 is 9.53 Å². The molecule has 0 saturated heterocycles. The van der Waals surface area contributed by atoms with E-state index < -0.39 is 6.04 Å². The molecule has 2 heterocycles. The molecule has 0 aliphatic carbocycles. The molecule has 26 heavy (non-hydrogen) atoms. The largest absolute Gasteiger partial charge is 0.489 e. The molecule has 5 nitrogen and oxygen atoms in total. The zero-order valence-corrected chi connectivity index (χ0v) is 14.6. The lowest BCUT2D eigenvalue weighted by atomic mass is 10.1. The van der Waals surface area contributed by atoms with Crippen LogP contribution in [0.3, 0.4) is 0 Å². The van der Waals surface area contributed by atoms with Crippen LogP contribution in [-0.2, 0) is 13.2 Å². The van der Waals surface area contributed by atoms with Gasteiger partial charge in [-0.25, -0.2) is 4.98 Å². The predicted octanol–water partition coefficient (Wildman–Crippen LogP) is 3.94. The van der Waals surface area contributed by atoms with Crippen molar-refractivity contribution in [1.29, 1.82) is 5.26 Å². The van der Waals surface area contributed by atoms with E-state index in [0.29, 0.717) is 30.0 Å². The molecular formula is C20H15N3O2S. The van der Waals surface area contributed by atoms with Gasteiger partial charge in [0.05, 0.1) is 12.6 Å². The van der Waals surface area contributed by atoms with E-state index in [4.69, 9.17) is 4.74 Å². The van der Waals surface area contributed by atoms with Crippen molar-refractivity contribution in [2.24, 2.45) is 0 Å². The number of benzene rings is 2. The van der Waals surface area contributed by atoms with Gasteiger partial charge >= 0.3 is 0 Å². The van der Waals surface area contributed by atoms with E-state index in [1.165, 1.54) is 11.3 Å².